The van der Waals surface area contributed by atoms with Gasteiger partial charge in [0.05, 0.1) is 26.2 Å². The minimum absolute atomic E-state index is 0.114. The number of rotatable bonds is 17. The number of aryl methyl sites for hydroxylation is 1. The van der Waals surface area contributed by atoms with E-state index in [-0.39, 0.29) is 22.9 Å². The Bertz CT molecular complexity index is 2090. The smallest absolute Gasteiger partial charge is 0.210 e. The molecule has 2 aromatic carbocycles. The number of methoxy groups -OCH3 is 4. The van der Waals surface area contributed by atoms with Crippen LogP contribution in [-0.2, 0) is 32.1 Å². The second-order valence-corrected chi connectivity index (χ2v) is 17.3. The molecule has 3 aliphatic rings. The molecule has 0 spiro atoms. The van der Waals surface area contributed by atoms with Crippen molar-refractivity contribution in [2.45, 2.75) is 90.6 Å². The van der Waals surface area contributed by atoms with Crippen molar-refractivity contribution in [1.29, 1.82) is 0 Å². The van der Waals surface area contributed by atoms with Crippen LogP contribution in [0.2, 0.25) is 0 Å². The van der Waals surface area contributed by atoms with Crippen molar-refractivity contribution >= 4 is 17.1 Å². The molecule has 1 aliphatic carbocycles. The first-order chi connectivity index (χ1) is 27.8. The number of ether oxygens (including phenoxy) is 5. The highest BCUT2D eigenvalue weighted by atomic mass is 16.5. The number of hydrogen-bond acceptors (Lipinski definition) is 6. The summed E-state index contributed by atoms with van der Waals surface area (Å²) in [7, 11) is 9.09. The van der Waals surface area contributed by atoms with Gasteiger partial charge in [-0.3, -0.25) is 0 Å². The van der Waals surface area contributed by atoms with Crippen molar-refractivity contribution < 1.29 is 32.8 Å². The van der Waals surface area contributed by atoms with Crippen LogP contribution in [0.25, 0.3) is 0 Å². The molecule has 0 amide bonds. The molecule has 2 aliphatic heterocycles. The summed E-state index contributed by atoms with van der Waals surface area (Å²) in [5.41, 5.74) is 10.7. The number of allylic oxidation sites excluding steroid dienone is 7. The standard InChI is InChI=1S/C50H67N3O5/c1-35(2)47(38-25-29-51(7)30-26-38)58-48-36(17-23-45-49(3,4)41-33-39(56-10)19-21-43(41)52(45)27-13-31-54-8)15-12-16-37(48)18-24-46-50(5,6)42-34-40(57-11)20-22-44(42)53(46)28-14-32-55-9/h17-26,29-30,33-35,47H,12-16,27-28,31-32H2,1-11H3/q+2. The lowest BCUT2D eigenvalue weighted by molar-refractivity contribution is -0.671. The third-order valence-electron chi connectivity index (χ3n) is 12.2. The molecule has 8 nitrogen and oxygen atoms in total. The summed E-state index contributed by atoms with van der Waals surface area (Å²) < 4.78 is 34.3. The number of benzene rings is 2. The number of anilines is 1. The van der Waals surface area contributed by atoms with Gasteiger partial charge in [0.1, 0.15) is 30.4 Å². The van der Waals surface area contributed by atoms with Gasteiger partial charge in [0.25, 0.3) is 0 Å². The summed E-state index contributed by atoms with van der Waals surface area (Å²) >= 11 is 0. The Morgan fingerprint density at radius 2 is 1.45 bits per heavy atom. The summed E-state index contributed by atoms with van der Waals surface area (Å²) in [6, 6.07) is 17.3. The topological polar surface area (TPSA) is 56.3 Å². The van der Waals surface area contributed by atoms with Crippen LogP contribution in [0.4, 0.5) is 11.4 Å². The largest absolute Gasteiger partial charge is 0.497 e. The van der Waals surface area contributed by atoms with Gasteiger partial charge in [0, 0.05) is 86.0 Å². The minimum atomic E-state index is -0.231. The third-order valence-corrected chi connectivity index (χ3v) is 12.2. The quantitative estimate of drug-likeness (QED) is 0.100. The summed E-state index contributed by atoms with van der Waals surface area (Å²) in [5.74, 6) is 3.00. The molecule has 1 aromatic heterocycles. The van der Waals surface area contributed by atoms with Crippen LogP contribution in [0.5, 0.6) is 11.5 Å². The zero-order valence-corrected chi connectivity index (χ0v) is 37.0. The van der Waals surface area contributed by atoms with Gasteiger partial charge in [-0.15, -0.1) is 0 Å². The van der Waals surface area contributed by atoms with Gasteiger partial charge in [-0.2, -0.15) is 4.58 Å². The summed E-state index contributed by atoms with van der Waals surface area (Å²) in [6.45, 7) is 17.0. The highest BCUT2D eigenvalue weighted by Crippen LogP contribution is 2.49. The first-order valence-corrected chi connectivity index (χ1v) is 21.1. The van der Waals surface area contributed by atoms with Crippen LogP contribution in [0, 0.1) is 5.92 Å². The predicted molar refractivity (Wildman–Crippen MR) is 235 cm³/mol. The van der Waals surface area contributed by atoms with Gasteiger partial charge >= 0.3 is 0 Å². The van der Waals surface area contributed by atoms with Gasteiger partial charge in [-0.25, -0.2) is 4.57 Å². The Balaban J connectivity index is 1.48. The van der Waals surface area contributed by atoms with Crippen molar-refractivity contribution in [3.8, 4) is 11.5 Å². The molecule has 0 bridgehead atoms. The molecule has 310 valence electrons. The van der Waals surface area contributed by atoms with E-state index in [0.29, 0.717) is 13.2 Å². The van der Waals surface area contributed by atoms with Gasteiger partial charge in [0.15, 0.2) is 24.7 Å². The third kappa shape index (κ3) is 8.84. The first-order valence-electron chi connectivity index (χ1n) is 21.1. The highest BCUT2D eigenvalue weighted by molar-refractivity contribution is 6.03. The van der Waals surface area contributed by atoms with E-state index >= 15 is 0 Å². The van der Waals surface area contributed by atoms with E-state index < -0.39 is 0 Å². The van der Waals surface area contributed by atoms with Gasteiger partial charge < -0.3 is 28.6 Å². The van der Waals surface area contributed by atoms with E-state index in [1.54, 1.807) is 28.4 Å². The van der Waals surface area contributed by atoms with Crippen molar-refractivity contribution in [2.24, 2.45) is 13.0 Å². The summed E-state index contributed by atoms with van der Waals surface area (Å²) in [6.07, 6.45) is 18.3. The fraction of sp³-hybridized carbons (Fsp3) is 0.480. The van der Waals surface area contributed by atoms with E-state index in [9.17, 15) is 0 Å². The monoisotopic (exact) mass is 790 g/mol. The molecule has 3 aromatic rings. The van der Waals surface area contributed by atoms with E-state index in [1.807, 2.05) is 0 Å². The zero-order valence-electron chi connectivity index (χ0n) is 37.0. The second kappa shape index (κ2) is 18.5. The summed E-state index contributed by atoms with van der Waals surface area (Å²) in [4.78, 5) is 2.48. The van der Waals surface area contributed by atoms with Crippen LogP contribution in [0.3, 0.4) is 0 Å². The number of aromatic nitrogens is 1. The SMILES string of the molecule is COCCCN1/C(=C/C=C2\CCCC(/C=C/C3=[N+](CCCOC)c4ccc(OC)cc4C3(C)C)=C2OC(c2cc[n+](C)cc2)C(C)C)C(C)(C)c2cc(OC)ccc21. The molecule has 1 unspecified atom stereocenters. The molecule has 3 heterocycles. The Morgan fingerprint density at radius 1 is 0.776 bits per heavy atom. The number of hydrogen-bond donors (Lipinski definition) is 0. The Labute approximate surface area is 348 Å². The Kier molecular flexibility index (Phi) is 13.7. The fourth-order valence-corrected chi connectivity index (χ4v) is 8.93. The normalized spacial score (nSPS) is 19.1. The fourth-order valence-electron chi connectivity index (χ4n) is 8.93. The van der Waals surface area contributed by atoms with Crippen molar-refractivity contribution in [3.05, 3.63) is 125 Å². The van der Waals surface area contributed by atoms with Crippen LogP contribution in [0.1, 0.15) is 96.4 Å². The van der Waals surface area contributed by atoms with Crippen LogP contribution in [-0.4, -0.2) is 65.0 Å². The molecular weight excluding hydrogens is 723 g/mol. The highest BCUT2D eigenvalue weighted by Gasteiger charge is 2.45. The molecule has 0 N–H and O–H groups in total. The molecule has 0 radical (unpaired) electrons. The maximum atomic E-state index is 7.35. The molecule has 58 heavy (non-hydrogen) atoms. The molecule has 0 fully saturated rings. The lowest BCUT2D eigenvalue weighted by atomic mass is 9.81. The minimum Gasteiger partial charge on any atom is -0.497 e. The van der Waals surface area contributed by atoms with Crippen LogP contribution < -0.4 is 18.9 Å². The zero-order chi connectivity index (χ0) is 41.6. The van der Waals surface area contributed by atoms with Crippen molar-refractivity contribution in [2.75, 3.05) is 59.6 Å². The van der Waals surface area contributed by atoms with Crippen molar-refractivity contribution in [1.82, 2.24) is 0 Å². The molecule has 8 heteroatoms. The number of nitrogens with zero attached hydrogens (tertiary/aromatic N) is 3. The average Bonchev–Trinajstić information content (AvgIpc) is 3.55. The Hall–Kier alpha value is -4.66. The maximum Gasteiger partial charge on any atom is 0.210 e. The van der Waals surface area contributed by atoms with E-state index in [1.165, 1.54) is 50.6 Å². The second-order valence-electron chi connectivity index (χ2n) is 17.3. The number of pyridine rings is 1. The molecule has 0 saturated carbocycles. The lowest BCUT2D eigenvalue weighted by Gasteiger charge is -2.30. The van der Waals surface area contributed by atoms with E-state index in [4.69, 9.17) is 23.7 Å². The number of fused-ring (bicyclic) bond motifs is 2. The van der Waals surface area contributed by atoms with E-state index in [2.05, 4.69) is 148 Å². The molecular formula is C50H67N3O5+2. The van der Waals surface area contributed by atoms with Gasteiger partial charge in [-0.05, 0) is 105 Å². The van der Waals surface area contributed by atoms with Crippen LogP contribution in [0.15, 0.2) is 108 Å². The van der Waals surface area contributed by atoms with E-state index in [0.717, 1.165) is 62.5 Å². The van der Waals surface area contributed by atoms with Gasteiger partial charge in [-0.1, -0.05) is 33.8 Å². The van der Waals surface area contributed by atoms with Gasteiger partial charge in [0.2, 0.25) is 5.69 Å². The lowest BCUT2D eigenvalue weighted by Crippen LogP contribution is -2.28. The summed E-state index contributed by atoms with van der Waals surface area (Å²) in [5, 5.41) is 0. The molecule has 0 saturated heterocycles. The Morgan fingerprint density at radius 3 is 2.12 bits per heavy atom. The maximum absolute atomic E-state index is 7.35. The van der Waals surface area contributed by atoms with Crippen molar-refractivity contribution in [3.63, 3.8) is 0 Å². The predicted octanol–water partition coefficient (Wildman–Crippen LogP) is 9.99. The van der Waals surface area contributed by atoms with Crippen LogP contribution >= 0.6 is 0 Å². The average molecular weight is 790 g/mol. The molecule has 1 atom stereocenters. The molecule has 6 rings (SSSR count). The first kappa shape index (κ1) is 42.9.